The van der Waals surface area contributed by atoms with Gasteiger partial charge in [0.25, 0.3) is 0 Å². The summed E-state index contributed by atoms with van der Waals surface area (Å²) in [5.74, 6) is 0.949. The number of aryl methyl sites for hydroxylation is 1. The zero-order chi connectivity index (χ0) is 17.5. The highest BCUT2D eigenvalue weighted by atomic mass is 16.5. The van der Waals surface area contributed by atoms with E-state index in [1.165, 1.54) is 12.8 Å². The summed E-state index contributed by atoms with van der Waals surface area (Å²) >= 11 is 0. The Balaban J connectivity index is 1.37. The summed E-state index contributed by atoms with van der Waals surface area (Å²) in [5.41, 5.74) is 2.16. The van der Waals surface area contributed by atoms with Crippen molar-refractivity contribution in [2.45, 2.75) is 19.3 Å². The summed E-state index contributed by atoms with van der Waals surface area (Å²) in [6.45, 7) is 3.84. The van der Waals surface area contributed by atoms with Crippen LogP contribution in [-0.4, -0.2) is 53.4 Å². The van der Waals surface area contributed by atoms with Crippen LogP contribution >= 0.6 is 0 Å². The topological polar surface area (TPSA) is 59.4 Å². The summed E-state index contributed by atoms with van der Waals surface area (Å²) in [6, 6.07) is 7.99. The Morgan fingerprint density at radius 1 is 1.28 bits per heavy atom. The minimum atomic E-state index is 0.112. The molecule has 0 bridgehead atoms. The molecule has 6 heteroatoms. The molecule has 2 aromatic rings. The van der Waals surface area contributed by atoms with Gasteiger partial charge in [0.2, 0.25) is 5.91 Å². The lowest BCUT2D eigenvalue weighted by Gasteiger charge is -2.14. The van der Waals surface area contributed by atoms with E-state index in [0.717, 1.165) is 36.4 Å². The number of rotatable bonds is 8. The number of carbonyl (C=O) groups excluding carboxylic acids is 1. The summed E-state index contributed by atoms with van der Waals surface area (Å²) in [5, 5.41) is 7.16. The van der Waals surface area contributed by atoms with Gasteiger partial charge in [-0.3, -0.25) is 14.4 Å². The molecular weight excluding hydrogens is 316 g/mol. The third-order valence-electron chi connectivity index (χ3n) is 4.35. The number of likely N-dealkylation sites (tertiary alicyclic amines) is 1. The summed E-state index contributed by atoms with van der Waals surface area (Å²) < 4.78 is 7.59. The molecule has 134 valence electrons. The third-order valence-corrected chi connectivity index (χ3v) is 4.35. The number of benzene rings is 1. The van der Waals surface area contributed by atoms with Gasteiger partial charge in [0.1, 0.15) is 5.75 Å². The molecule has 0 unspecified atom stereocenters. The molecule has 1 aliphatic heterocycles. The van der Waals surface area contributed by atoms with E-state index < -0.39 is 0 Å². The van der Waals surface area contributed by atoms with Crippen molar-refractivity contribution in [3.63, 3.8) is 0 Å². The number of nitrogens with zero attached hydrogens (tertiary/aromatic N) is 3. The maximum absolute atomic E-state index is 11.8. The van der Waals surface area contributed by atoms with E-state index >= 15 is 0 Å². The molecule has 0 radical (unpaired) electrons. The quantitative estimate of drug-likeness (QED) is 0.746. The van der Waals surface area contributed by atoms with Gasteiger partial charge in [-0.25, -0.2) is 0 Å². The Morgan fingerprint density at radius 2 is 2.12 bits per heavy atom. The molecule has 25 heavy (non-hydrogen) atoms. The molecule has 0 aliphatic carbocycles. The SMILES string of the molecule is Cn1cc(-c2cccc(OCCCNC(=O)CN3CCCC3)c2)cn1. The first kappa shape index (κ1) is 17.5. The van der Waals surface area contributed by atoms with Gasteiger partial charge in [0.05, 0.1) is 19.3 Å². The van der Waals surface area contributed by atoms with Crippen molar-refractivity contribution in [2.24, 2.45) is 7.05 Å². The number of nitrogens with one attached hydrogen (secondary N) is 1. The van der Waals surface area contributed by atoms with E-state index in [4.69, 9.17) is 4.74 Å². The monoisotopic (exact) mass is 342 g/mol. The molecule has 0 spiro atoms. The fourth-order valence-electron chi connectivity index (χ4n) is 3.03. The lowest BCUT2D eigenvalue weighted by molar-refractivity contribution is -0.122. The average Bonchev–Trinajstić information content (AvgIpc) is 3.26. The second-order valence-electron chi connectivity index (χ2n) is 6.47. The predicted molar refractivity (Wildman–Crippen MR) is 97.4 cm³/mol. The van der Waals surface area contributed by atoms with Gasteiger partial charge in [-0.15, -0.1) is 0 Å². The highest BCUT2D eigenvalue weighted by Gasteiger charge is 2.14. The van der Waals surface area contributed by atoms with Crippen molar-refractivity contribution >= 4 is 5.91 Å². The summed E-state index contributed by atoms with van der Waals surface area (Å²) in [6.07, 6.45) is 7.03. The molecule has 1 aliphatic rings. The maximum Gasteiger partial charge on any atom is 0.234 e. The minimum absolute atomic E-state index is 0.112. The van der Waals surface area contributed by atoms with Crippen LogP contribution in [0, 0.1) is 0 Å². The maximum atomic E-state index is 11.8. The van der Waals surface area contributed by atoms with E-state index in [9.17, 15) is 4.79 Å². The molecule has 1 aromatic carbocycles. The normalized spacial score (nSPS) is 14.6. The first-order valence-corrected chi connectivity index (χ1v) is 8.92. The third kappa shape index (κ3) is 5.32. The standard InChI is InChI=1S/C19H26N4O2/c1-22-14-17(13-21-22)16-6-4-7-18(12-16)25-11-5-8-20-19(24)15-23-9-2-3-10-23/h4,6-7,12-14H,2-3,5,8-11,15H2,1H3,(H,20,24). The number of amides is 1. The second-order valence-corrected chi connectivity index (χ2v) is 6.47. The Kier molecular flexibility index (Phi) is 6.06. The number of aromatic nitrogens is 2. The van der Waals surface area contributed by atoms with Gasteiger partial charge in [-0.05, 0) is 50.0 Å². The van der Waals surface area contributed by atoms with Crippen molar-refractivity contribution in [2.75, 3.05) is 32.8 Å². The molecule has 6 nitrogen and oxygen atoms in total. The van der Waals surface area contributed by atoms with Crippen LogP contribution in [-0.2, 0) is 11.8 Å². The van der Waals surface area contributed by atoms with Crippen molar-refractivity contribution < 1.29 is 9.53 Å². The van der Waals surface area contributed by atoms with Crippen LogP contribution in [0.1, 0.15) is 19.3 Å². The zero-order valence-electron chi connectivity index (χ0n) is 14.8. The lowest BCUT2D eigenvalue weighted by Crippen LogP contribution is -2.36. The van der Waals surface area contributed by atoms with Crippen LogP contribution in [0.2, 0.25) is 0 Å². The molecule has 1 N–H and O–H groups in total. The van der Waals surface area contributed by atoms with Gasteiger partial charge in [0, 0.05) is 25.4 Å². The van der Waals surface area contributed by atoms with Crippen LogP contribution in [0.4, 0.5) is 0 Å². The van der Waals surface area contributed by atoms with E-state index in [-0.39, 0.29) is 5.91 Å². The molecular formula is C19H26N4O2. The molecule has 0 atom stereocenters. The smallest absolute Gasteiger partial charge is 0.234 e. The molecule has 0 saturated carbocycles. The van der Waals surface area contributed by atoms with E-state index in [1.807, 2.05) is 43.7 Å². The Hall–Kier alpha value is -2.34. The first-order chi connectivity index (χ1) is 12.2. The number of carbonyl (C=O) groups is 1. The van der Waals surface area contributed by atoms with Crippen LogP contribution in [0.15, 0.2) is 36.7 Å². The summed E-state index contributed by atoms with van der Waals surface area (Å²) in [4.78, 5) is 14.0. The fourth-order valence-corrected chi connectivity index (χ4v) is 3.03. The number of hydrogen-bond donors (Lipinski definition) is 1. The van der Waals surface area contributed by atoms with Crippen molar-refractivity contribution in [3.05, 3.63) is 36.7 Å². The zero-order valence-corrected chi connectivity index (χ0v) is 14.8. The van der Waals surface area contributed by atoms with Gasteiger partial charge in [-0.2, -0.15) is 5.10 Å². The second kappa shape index (κ2) is 8.67. The Labute approximate surface area is 148 Å². The van der Waals surface area contributed by atoms with Crippen LogP contribution in [0.5, 0.6) is 5.75 Å². The van der Waals surface area contributed by atoms with Crippen molar-refractivity contribution in [1.29, 1.82) is 0 Å². The van der Waals surface area contributed by atoms with Crippen LogP contribution < -0.4 is 10.1 Å². The molecule has 3 rings (SSSR count). The van der Waals surface area contributed by atoms with Crippen molar-refractivity contribution in [1.82, 2.24) is 20.0 Å². The Morgan fingerprint density at radius 3 is 2.88 bits per heavy atom. The lowest BCUT2D eigenvalue weighted by atomic mass is 10.1. The molecule has 2 heterocycles. The minimum Gasteiger partial charge on any atom is -0.494 e. The molecule has 1 fully saturated rings. The van der Waals surface area contributed by atoms with E-state index in [0.29, 0.717) is 19.7 Å². The van der Waals surface area contributed by atoms with Crippen LogP contribution in [0.25, 0.3) is 11.1 Å². The van der Waals surface area contributed by atoms with Gasteiger partial charge < -0.3 is 10.1 Å². The predicted octanol–water partition coefficient (Wildman–Crippen LogP) is 2.07. The molecule has 1 aromatic heterocycles. The van der Waals surface area contributed by atoms with Crippen molar-refractivity contribution in [3.8, 4) is 16.9 Å². The highest BCUT2D eigenvalue weighted by molar-refractivity contribution is 5.78. The summed E-state index contributed by atoms with van der Waals surface area (Å²) in [7, 11) is 1.90. The largest absolute Gasteiger partial charge is 0.494 e. The average molecular weight is 342 g/mol. The first-order valence-electron chi connectivity index (χ1n) is 8.92. The van der Waals surface area contributed by atoms with E-state index in [1.54, 1.807) is 4.68 Å². The number of hydrogen-bond acceptors (Lipinski definition) is 4. The highest BCUT2D eigenvalue weighted by Crippen LogP contribution is 2.23. The van der Waals surface area contributed by atoms with Crippen LogP contribution in [0.3, 0.4) is 0 Å². The fraction of sp³-hybridized carbons (Fsp3) is 0.474. The van der Waals surface area contributed by atoms with Gasteiger partial charge in [0.15, 0.2) is 0 Å². The van der Waals surface area contributed by atoms with Gasteiger partial charge in [-0.1, -0.05) is 12.1 Å². The Bertz CT molecular complexity index is 692. The molecule has 1 saturated heterocycles. The van der Waals surface area contributed by atoms with Gasteiger partial charge >= 0.3 is 0 Å². The van der Waals surface area contributed by atoms with E-state index in [2.05, 4.69) is 15.3 Å². The molecule has 1 amide bonds. The number of ether oxygens (including phenoxy) is 1.